The van der Waals surface area contributed by atoms with E-state index in [4.69, 9.17) is 23.2 Å². The van der Waals surface area contributed by atoms with Gasteiger partial charge in [0, 0.05) is 77.6 Å². The number of hydrogen-bond acceptors (Lipinski definition) is 4. The molecule has 0 saturated carbocycles. The quantitative estimate of drug-likeness (QED) is 0.219. The molecule has 3 aromatic rings. The van der Waals surface area contributed by atoms with Crippen molar-refractivity contribution in [1.82, 2.24) is 20.0 Å². The van der Waals surface area contributed by atoms with Crippen molar-refractivity contribution in [2.24, 2.45) is 0 Å². The Kier molecular flexibility index (Phi) is 12.4. The van der Waals surface area contributed by atoms with E-state index < -0.39 is 23.5 Å². The van der Waals surface area contributed by atoms with E-state index in [1.807, 2.05) is 18.2 Å². The second kappa shape index (κ2) is 16.0. The van der Waals surface area contributed by atoms with E-state index in [-0.39, 0.29) is 24.1 Å². The van der Waals surface area contributed by atoms with Crippen LogP contribution in [0.5, 0.6) is 0 Å². The fraction of sp³-hybridized carbons (Fsp3) is 0.412. The number of carbonyl (C=O) groups is 2. The van der Waals surface area contributed by atoms with Crippen LogP contribution in [-0.4, -0.2) is 93.6 Å². The third-order valence-electron chi connectivity index (χ3n) is 8.30. The molecule has 1 N–H and O–H groups in total. The first-order valence-electron chi connectivity index (χ1n) is 15.3. The van der Waals surface area contributed by atoms with Gasteiger partial charge >= 0.3 is 12.2 Å². The zero-order chi connectivity index (χ0) is 34.3. The number of carbonyl (C=O) groups excluding carboxylic acids is 2. The highest BCUT2D eigenvalue weighted by Crippen LogP contribution is 2.32. The number of nitrogens with zero attached hydrogens (tertiary/aromatic N) is 4. The Morgan fingerprint density at radius 3 is 2.30 bits per heavy atom. The molecule has 4 rings (SSSR count). The van der Waals surface area contributed by atoms with E-state index >= 15 is 0 Å². The molecule has 1 fully saturated rings. The molecule has 0 aromatic heterocycles. The summed E-state index contributed by atoms with van der Waals surface area (Å²) in [5.74, 6) is -2.06. The van der Waals surface area contributed by atoms with E-state index in [9.17, 15) is 27.2 Å². The maximum absolute atomic E-state index is 14.1. The van der Waals surface area contributed by atoms with E-state index in [0.717, 1.165) is 49.1 Å². The maximum Gasteiger partial charge on any atom is 0.416 e. The lowest BCUT2D eigenvalue weighted by molar-refractivity contribution is -0.137. The predicted molar refractivity (Wildman–Crippen MR) is 178 cm³/mol. The van der Waals surface area contributed by atoms with Gasteiger partial charge in [-0.15, -0.1) is 0 Å². The third-order valence-corrected chi connectivity index (χ3v) is 9.04. The number of benzene rings is 3. The molecule has 7 nitrogen and oxygen atoms in total. The summed E-state index contributed by atoms with van der Waals surface area (Å²) in [7, 11) is 4.90. The lowest BCUT2D eigenvalue weighted by Crippen LogP contribution is -2.47. The number of nitrogens with one attached hydrogen (secondary N) is 1. The van der Waals surface area contributed by atoms with Crippen LogP contribution in [-0.2, 0) is 12.6 Å². The first kappa shape index (κ1) is 36.3. The van der Waals surface area contributed by atoms with E-state index in [1.54, 1.807) is 26.2 Å². The van der Waals surface area contributed by atoms with Crippen molar-refractivity contribution in [3.05, 3.63) is 98.8 Å². The van der Waals surface area contributed by atoms with Crippen LogP contribution in [0.1, 0.15) is 39.4 Å². The molecule has 0 aliphatic carbocycles. The molecule has 3 amide bonds. The van der Waals surface area contributed by atoms with E-state index in [2.05, 4.69) is 27.2 Å². The molecule has 1 aliphatic rings. The number of alkyl halides is 3. The molecule has 0 radical (unpaired) electrons. The molecule has 0 unspecified atom stereocenters. The number of anilines is 1. The first-order valence-corrected chi connectivity index (χ1v) is 16.1. The van der Waals surface area contributed by atoms with Gasteiger partial charge in [0.2, 0.25) is 0 Å². The van der Waals surface area contributed by atoms with Crippen molar-refractivity contribution < 1.29 is 27.2 Å². The molecular formula is C34H39Cl2F4N5O2. The van der Waals surface area contributed by atoms with Gasteiger partial charge in [-0.05, 0) is 66.9 Å². The number of para-hydroxylation sites is 1. The Bertz CT molecular complexity index is 1550. The Labute approximate surface area is 283 Å². The molecule has 1 aliphatic heterocycles. The highest BCUT2D eigenvalue weighted by Gasteiger charge is 2.32. The Morgan fingerprint density at radius 1 is 0.936 bits per heavy atom. The summed E-state index contributed by atoms with van der Waals surface area (Å²) in [4.78, 5) is 32.6. The molecule has 1 atom stereocenters. The average molecular weight is 697 g/mol. The minimum atomic E-state index is -4.78. The van der Waals surface area contributed by atoms with Crippen LogP contribution in [0.25, 0.3) is 0 Å². The fourth-order valence-electron chi connectivity index (χ4n) is 5.68. The number of urea groups is 1. The van der Waals surface area contributed by atoms with Crippen LogP contribution in [0.2, 0.25) is 10.0 Å². The molecule has 3 aromatic carbocycles. The van der Waals surface area contributed by atoms with Gasteiger partial charge in [0.1, 0.15) is 5.82 Å². The van der Waals surface area contributed by atoms with Crippen LogP contribution in [0.3, 0.4) is 0 Å². The molecule has 0 spiro atoms. The summed E-state index contributed by atoms with van der Waals surface area (Å²) in [6, 6.07) is 15.2. The first-order chi connectivity index (χ1) is 22.2. The van der Waals surface area contributed by atoms with E-state index in [1.165, 1.54) is 16.8 Å². The highest BCUT2D eigenvalue weighted by atomic mass is 35.5. The summed E-state index contributed by atoms with van der Waals surface area (Å²) in [6.07, 6.45) is -3.44. The standard InChI is InChI=1S/C34H39Cl2F4N5O2/c1-42(2)33(47)41-12-10-23-6-4-5-7-31(23)45-16-14-44(15-17-45)13-11-25(24-8-9-29(35)30(36)20-24)22-43(3)32(46)26-18-27(34(38,39)40)21-28(37)19-26/h4-9,18-21,25H,10-17,22H2,1-3H3,(H,41,47)/t25-/m1/s1. The van der Waals surface area contributed by atoms with Gasteiger partial charge in [0.15, 0.2) is 0 Å². The van der Waals surface area contributed by atoms with Crippen molar-refractivity contribution >= 4 is 40.8 Å². The van der Waals surface area contributed by atoms with E-state index in [0.29, 0.717) is 48.1 Å². The molecule has 47 heavy (non-hydrogen) atoms. The third kappa shape index (κ3) is 9.98. The lowest BCUT2D eigenvalue weighted by Gasteiger charge is -2.38. The van der Waals surface area contributed by atoms with Gasteiger partial charge in [0.25, 0.3) is 5.91 Å². The number of likely N-dealkylation sites (N-methyl/N-ethyl adjacent to an activating group) is 1. The Balaban J connectivity index is 1.41. The number of hydrogen-bond donors (Lipinski definition) is 1. The maximum atomic E-state index is 14.1. The van der Waals surface area contributed by atoms with Crippen molar-refractivity contribution in [2.45, 2.75) is 24.9 Å². The summed E-state index contributed by atoms with van der Waals surface area (Å²) < 4.78 is 53.9. The van der Waals surface area contributed by atoms with Crippen molar-refractivity contribution in [3.8, 4) is 0 Å². The fourth-order valence-corrected chi connectivity index (χ4v) is 5.99. The number of halogens is 6. The molecule has 1 saturated heterocycles. The van der Waals surface area contributed by atoms with Gasteiger partial charge in [-0.25, -0.2) is 9.18 Å². The van der Waals surface area contributed by atoms with Gasteiger partial charge in [-0.2, -0.15) is 13.2 Å². The predicted octanol–water partition coefficient (Wildman–Crippen LogP) is 7.03. The lowest BCUT2D eigenvalue weighted by atomic mass is 9.94. The average Bonchev–Trinajstić information content (AvgIpc) is 3.03. The van der Waals surface area contributed by atoms with Crippen LogP contribution in [0.15, 0.2) is 60.7 Å². The minimum Gasteiger partial charge on any atom is -0.369 e. The number of piperazine rings is 1. The summed E-state index contributed by atoms with van der Waals surface area (Å²) >= 11 is 12.5. The zero-order valence-corrected chi connectivity index (χ0v) is 28.1. The molecular weight excluding hydrogens is 657 g/mol. The number of rotatable bonds is 11. The summed E-state index contributed by atoms with van der Waals surface area (Å²) in [5.41, 5.74) is 1.56. The molecule has 0 bridgehead atoms. The second-order valence-corrected chi connectivity index (χ2v) is 12.7. The van der Waals surface area contributed by atoms with Gasteiger partial charge < -0.3 is 20.0 Å². The summed E-state index contributed by atoms with van der Waals surface area (Å²) in [6.45, 7) is 4.62. The van der Waals surface area contributed by atoms with Crippen LogP contribution in [0.4, 0.5) is 28.0 Å². The highest BCUT2D eigenvalue weighted by molar-refractivity contribution is 6.42. The van der Waals surface area contributed by atoms with Crippen LogP contribution < -0.4 is 10.2 Å². The number of amides is 3. The van der Waals surface area contributed by atoms with Crippen LogP contribution >= 0.6 is 23.2 Å². The normalized spacial score (nSPS) is 14.5. The Hall–Kier alpha value is -3.54. The minimum absolute atomic E-state index is 0.129. The SMILES string of the molecule is CN(C)C(=O)NCCc1ccccc1N1CCN(CC[C@H](CN(C)C(=O)c2cc(F)cc(C(F)(F)F)c2)c2ccc(Cl)c(Cl)c2)CC1. The smallest absolute Gasteiger partial charge is 0.369 e. The van der Waals surface area contributed by atoms with Gasteiger partial charge in [-0.1, -0.05) is 47.5 Å². The zero-order valence-electron chi connectivity index (χ0n) is 26.6. The molecule has 254 valence electrons. The second-order valence-electron chi connectivity index (χ2n) is 11.9. The molecule has 13 heteroatoms. The topological polar surface area (TPSA) is 59.1 Å². The van der Waals surface area contributed by atoms with Crippen molar-refractivity contribution in [2.75, 3.05) is 71.9 Å². The Morgan fingerprint density at radius 2 is 1.64 bits per heavy atom. The van der Waals surface area contributed by atoms with Crippen molar-refractivity contribution in [3.63, 3.8) is 0 Å². The monoisotopic (exact) mass is 695 g/mol. The van der Waals surface area contributed by atoms with Crippen molar-refractivity contribution in [1.29, 1.82) is 0 Å². The molecule has 1 heterocycles. The van der Waals surface area contributed by atoms with Gasteiger partial charge in [-0.3, -0.25) is 9.69 Å². The van der Waals surface area contributed by atoms with Gasteiger partial charge in [0.05, 0.1) is 15.6 Å². The van der Waals surface area contributed by atoms with Crippen LogP contribution in [0, 0.1) is 5.82 Å². The summed E-state index contributed by atoms with van der Waals surface area (Å²) in [5, 5.41) is 3.66. The largest absolute Gasteiger partial charge is 0.416 e.